The molecule has 5 heteroatoms. The lowest BCUT2D eigenvalue weighted by molar-refractivity contribution is -0.117. The molecule has 0 fully saturated rings. The fraction of sp³-hybridized carbons (Fsp3) is 0.385. The number of amides is 1. The van der Waals surface area contributed by atoms with Crippen LogP contribution < -0.4 is 4.90 Å². The molecule has 1 aliphatic rings. The Kier molecular flexibility index (Phi) is 3.34. The van der Waals surface area contributed by atoms with E-state index >= 15 is 0 Å². The van der Waals surface area contributed by atoms with E-state index in [-0.39, 0.29) is 30.4 Å². The van der Waals surface area contributed by atoms with Crippen molar-refractivity contribution in [3.8, 4) is 0 Å². The molecule has 2 rings (SSSR count). The summed E-state index contributed by atoms with van der Waals surface area (Å²) in [5.74, 6) is -1.04. The normalized spacial score (nSPS) is 15.7. The molecule has 18 heavy (non-hydrogen) atoms. The maximum Gasteiger partial charge on any atom is 0.335 e. The second-order valence-electron chi connectivity index (χ2n) is 4.62. The number of fused-ring (bicyclic) bond motifs is 1. The number of hydrogen-bond acceptors (Lipinski definition) is 3. The van der Waals surface area contributed by atoms with Gasteiger partial charge < -0.3 is 15.1 Å². The van der Waals surface area contributed by atoms with Crippen LogP contribution in [0.1, 0.15) is 22.8 Å². The van der Waals surface area contributed by atoms with Crippen LogP contribution in [0.5, 0.6) is 0 Å². The number of aliphatic hydroxyl groups is 1. The van der Waals surface area contributed by atoms with E-state index in [1.165, 1.54) is 6.07 Å². The van der Waals surface area contributed by atoms with Crippen molar-refractivity contribution in [1.29, 1.82) is 0 Å². The van der Waals surface area contributed by atoms with Crippen LogP contribution in [0.3, 0.4) is 0 Å². The summed E-state index contributed by atoms with van der Waals surface area (Å²) in [6.45, 7) is 2.33. The quantitative estimate of drug-likeness (QED) is 0.831. The SMILES string of the molecule is CC(CO)CN1C(=O)Cc2cc(C(=O)O)ccc21. The molecular weight excluding hydrogens is 234 g/mol. The average Bonchev–Trinajstić information content (AvgIpc) is 2.64. The molecule has 5 nitrogen and oxygen atoms in total. The molecule has 1 unspecified atom stereocenters. The minimum Gasteiger partial charge on any atom is -0.478 e. The lowest BCUT2D eigenvalue weighted by Crippen LogP contribution is -2.32. The smallest absolute Gasteiger partial charge is 0.335 e. The Labute approximate surface area is 105 Å². The maximum absolute atomic E-state index is 11.9. The number of carboxylic acids is 1. The van der Waals surface area contributed by atoms with Gasteiger partial charge in [-0.25, -0.2) is 4.79 Å². The van der Waals surface area contributed by atoms with E-state index in [0.717, 1.165) is 11.3 Å². The van der Waals surface area contributed by atoms with Crippen molar-refractivity contribution in [1.82, 2.24) is 0 Å². The van der Waals surface area contributed by atoms with Crippen LogP contribution in [0.25, 0.3) is 0 Å². The van der Waals surface area contributed by atoms with E-state index in [4.69, 9.17) is 10.2 Å². The molecule has 1 heterocycles. The zero-order valence-corrected chi connectivity index (χ0v) is 10.1. The molecule has 1 atom stereocenters. The van der Waals surface area contributed by atoms with Gasteiger partial charge in [-0.15, -0.1) is 0 Å². The molecule has 0 spiro atoms. The Bertz CT molecular complexity index is 498. The predicted molar refractivity (Wildman–Crippen MR) is 65.7 cm³/mol. The number of carbonyl (C=O) groups excluding carboxylic acids is 1. The highest BCUT2D eigenvalue weighted by molar-refractivity contribution is 6.02. The number of hydrogen-bond donors (Lipinski definition) is 2. The van der Waals surface area contributed by atoms with Gasteiger partial charge in [-0.3, -0.25) is 4.79 Å². The Morgan fingerprint density at radius 1 is 1.50 bits per heavy atom. The molecule has 1 amide bonds. The lowest BCUT2D eigenvalue weighted by atomic mass is 10.1. The van der Waals surface area contributed by atoms with Gasteiger partial charge in [0.05, 0.1) is 12.0 Å². The predicted octanol–water partition coefficient (Wildman–Crippen LogP) is 0.902. The van der Waals surface area contributed by atoms with Crippen LogP contribution in [0.4, 0.5) is 5.69 Å². The van der Waals surface area contributed by atoms with Crippen LogP contribution in [0, 0.1) is 5.92 Å². The van der Waals surface area contributed by atoms with Crippen LogP contribution in [-0.4, -0.2) is 35.2 Å². The van der Waals surface area contributed by atoms with Crippen LogP contribution in [0.15, 0.2) is 18.2 Å². The number of aliphatic hydroxyl groups excluding tert-OH is 1. The molecule has 2 N–H and O–H groups in total. The first-order chi connectivity index (χ1) is 8.52. The Morgan fingerprint density at radius 2 is 2.22 bits per heavy atom. The minimum absolute atomic E-state index is 0.000879. The molecule has 0 aliphatic carbocycles. The number of benzene rings is 1. The standard InChI is InChI=1S/C13H15NO4/c1-8(7-15)6-14-11-3-2-9(13(17)18)4-10(11)5-12(14)16/h2-4,8,15H,5-7H2,1H3,(H,17,18). The van der Waals surface area contributed by atoms with E-state index in [9.17, 15) is 9.59 Å². The van der Waals surface area contributed by atoms with Gasteiger partial charge in [0.1, 0.15) is 0 Å². The third-order valence-corrected chi connectivity index (χ3v) is 3.07. The summed E-state index contributed by atoms with van der Waals surface area (Å²) in [6, 6.07) is 4.70. The molecule has 1 aromatic carbocycles. The zero-order chi connectivity index (χ0) is 13.3. The van der Waals surface area contributed by atoms with Gasteiger partial charge in [-0.2, -0.15) is 0 Å². The third-order valence-electron chi connectivity index (χ3n) is 3.07. The minimum atomic E-state index is -0.993. The molecule has 0 saturated heterocycles. The van der Waals surface area contributed by atoms with Crippen molar-refractivity contribution >= 4 is 17.6 Å². The number of carboxylic acid groups (broad SMARTS) is 1. The van der Waals surface area contributed by atoms with Gasteiger partial charge in [0, 0.05) is 18.8 Å². The van der Waals surface area contributed by atoms with E-state index in [1.807, 2.05) is 6.92 Å². The Morgan fingerprint density at radius 3 is 2.83 bits per heavy atom. The molecule has 0 radical (unpaired) electrons. The molecule has 96 valence electrons. The number of carbonyl (C=O) groups is 2. The van der Waals surface area contributed by atoms with Gasteiger partial charge in [0.2, 0.25) is 5.91 Å². The van der Waals surface area contributed by atoms with Crippen molar-refractivity contribution in [3.63, 3.8) is 0 Å². The van der Waals surface area contributed by atoms with Crippen molar-refractivity contribution in [2.24, 2.45) is 5.92 Å². The van der Waals surface area contributed by atoms with E-state index < -0.39 is 5.97 Å². The first kappa shape index (κ1) is 12.6. The number of anilines is 1. The summed E-state index contributed by atoms with van der Waals surface area (Å²) >= 11 is 0. The van der Waals surface area contributed by atoms with Gasteiger partial charge >= 0.3 is 5.97 Å². The Hall–Kier alpha value is -1.88. The summed E-state index contributed by atoms with van der Waals surface area (Å²) in [6.07, 6.45) is 0.231. The van der Waals surface area contributed by atoms with Crippen LogP contribution in [0.2, 0.25) is 0 Å². The maximum atomic E-state index is 11.9. The fourth-order valence-electron chi connectivity index (χ4n) is 2.09. The molecule has 0 bridgehead atoms. The summed E-state index contributed by atoms with van der Waals surface area (Å²) in [7, 11) is 0. The first-order valence-electron chi connectivity index (χ1n) is 5.80. The van der Waals surface area contributed by atoms with E-state index in [2.05, 4.69) is 0 Å². The fourth-order valence-corrected chi connectivity index (χ4v) is 2.09. The van der Waals surface area contributed by atoms with Gasteiger partial charge in [-0.1, -0.05) is 6.92 Å². The third kappa shape index (κ3) is 2.22. The summed E-state index contributed by atoms with van der Waals surface area (Å²) < 4.78 is 0. The van der Waals surface area contributed by atoms with Crippen molar-refractivity contribution < 1.29 is 19.8 Å². The molecule has 1 aromatic rings. The van der Waals surface area contributed by atoms with Gasteiger partial charge in [0.25, 0.3) is 0 Å². The lowest BCUT2D eigenvalue weighted by Gasteiger charge is -2.20. The Balaban J connectivity index is 2.29. The summed E-state index contributed by atoms with van der Waals surface area (Å²) in [4.78, 5) is 24.3. The van der Waals surface area contributed by atoms with Crippen molar-refractivity contribution in [2.45, 2.75) is 13.3 Å². The summed E-state index contributed by atoms with van der Waals surface area (Å²) in [5, 5.41) is 17.9. The highest BCUT2D eigenvalue weighted by Gasteiger charge is 2.28. The second kappa shape index (κ2) is 4.78. The zero-order valence-electron chi connectivity index (χ0n) is 10.1. The largest absolute Gasteiger partial charge is 0.478 e. The number of nitrogens with zero attached hydrogens (tertiary/aromatic N) is 1. The van der Waals surface area contributed by atoms with Crippen molar-refractivity contribution in [3.05, 3.63) is 29.3 Å². The van der Waals surface area contributed by atoms with Crippen molar-refractivity contribution in [2.75, 3.05) is 18.1 Å². The second-order valence-corrected chi connectivity index (χ2v) is 4.62. The molecular formula is C13H15NO4. The highest BCUT2D eigenvalue weighted by Crippen LogP contribution is 2.30. The number of aromatic carboxylic acids is 1. The molecule has 1 aliphatic heterocycles. The average molecular weight is 249 g/mol. The van der Waals surface area contributed by atoms with Gasteiger partial charge in [0.15, 0.2) is 0 Å². The molecule has 0 saturated carbocycles. The highest BCUT2D eigenvalue weighted by atomic mass is 16.4. The number of rotatable bonds is 4. The van der Waals surface area contributed by atoms with E-state index in [0.29, 0.717) is 6.54 Å². The topological polar surface area (TPSA) is 77.8 Å². The van der Waals surface area contributed by atoms with Crippen LogP contribution in [-0.2, 0) is 11.2 Å². The first-order valence-corrected chi connectivity index (χ1v) is 5.80. The van der Waals surface area contributed by atoms with Crippen LogP contribution >= 0.6 is 0 Å². The van der Waals surface area contributed by atoms with E-state index in [1.54, 1.807) is 17.0 Å². The summed E-state index contributed by atoms with van der Waals surface area (Å²) in [5.41, 5.74) is 1.69. The van der Waals surface area contributed by atoms with Gasteiger partial charge in [-0.05, 0) is 29.7 Å². The molecule has 0 aromatic heterocycles. The monoisotopic (exact) mass is 249 g/mol.